The predicted molar refractivity (Wildman–Crippen MR) is 115 cm³/mol. The van der Waals surface area contributed by atoms with E-state index >= 15 is 0 Å². The molecule has 3 N–H and O–H groups in total. The Labute approximate surface area is 171 Å². The Balaban J connectivity index is 1.58. The Morgan fingerprint density at radius 2 is 2.00 bits per heavy atom. The van der Waals surface area contributed by atoms with Gasteiger partial charge in [0.15, 0.2) is 11.2 Å². The Hall–Kier alpha value is -3.33. The second kappa shape index (κ2) is 6.88. The monoisotopic (exact) mass is 408 g/mol. The number of nitrogens with zero attached hydrogens (tertiary/aromatic N) is 4. The smallest absolute Gasteiger partial charge is 0.332 e. The molecule has 2 atom stereocenters. The molecule has 0 bridgehead atoms. The van der Waals surface area contributed by atoms with E-state index in [-0.39, 0.29) is 24.2 Å². The first kappa shape index (κ1) is 18.7. The van der Waals surface area contributed by atoms with Crippen LogP contribution in [0.4, 0.5) is 5.95 Å². The molecular formula is C21H24N6O3. The third kappa shape index (κ3) is 2.93. The normalized spacial score (nSPS) is 19.2. The molecule has 9 heteroatoms. The lowest BCUT2D eigenvalue weighted by atomic mass is 10.2. The number of benzene rings is 1. The van der Waals surface area contributed by atoms with Gasteiger partial charge in [-0.05, 0) is 36.8 Å². The van der Waals surface area contributed by atoms with Gasteiger partial charge in [-0.2, -0.15) is 4.98 Å². The van der Waals surface area contributed by atoms with Crippen molar-refractivity contribution in [1.29, 1.82) is 0 Å². The molecule has 9 nitrogen and oxygen atoms in total. The molecule has 0 amide bonds. The van der Waals surface area contributed by atoms with Crippen LogP contribution in [0.2, 0.25) is 0 Å². The number of aryl methyl sites for hydroxylation is 2. The van der Waals surface area contributed by atoms with Crippen molar-refractivity contribution >= 4 is 28.0 Å². The third-order valence-electron chi connectivity index (χ3n) is 6.01. The number of fused-ring (bicyclic) bond motifs is 2. The summed E-state index contributed by atoms with van der Waals surface area (Å²) in [7, 11) is 3.39. The number of nitrogens with one attached hydrogen (secondary N) is 2. The van der Waals surface area contributed by atoms with Crippen LogP contribution >= 0.6 is 0 Å². The molecule has 2 unspecified atom stereocenters. The van der Waals surface area contributed by atoms with Crippen LogP contribution in [0.25, 0.3) is 22.1 Å². The molecule has 3 heterocycles. The van der Waals surface area contributed by atoms with Gasteiger partial charge in [-0.15, -0.1) is 0 Å². The number of hydrogen-bond donors (Lipinski definition) is 3. The number of anilines is 1. The first-order valence-electron chi connectivity index (χ1n) is 10.1. The van der Waals surface area contributed by atoms with Crippen molar-refractivity contribution in [2.24, 2.45) is 14.1 Å². The highest BCUT2D eigenvalue weighted by Crippen LogP contribution is 2.23. The number of aliphatic hydroxyl groups excluding tert-OH is 1. The molecule has 1 aromatic carbocycles. The van der Waals surface area contributed by atoms with Crippen LogP contribution in [0.3, 0.4) is 0 Å². The van der Waals surface area contributed by atoms with Crippen LogP contribution in [0.15, 0.2) is 39.9 Å². The zero-order chi connectivity index (χ0) is 21.0. The molecule has 3 aromatic heterocycles. The van der Waals surface area contributed by atoms with Gasteiger partial charge in [-0.1, -0.05) is 18.2 Å². The summed E-state index contributed by atoms with van der Waals surface area (Å²) in [4.78, 5) is 34.0. The highest BCUT2D eigenvalue weighted by Gasteiger charge is 2.25. The largest absolute Gasteiger partial charge is 0.393 e. The molecule has 0 saturated heterocycles. The summed E-state index contributed by atoms with van der Waals surface area (Å²) in [6.45, 7) is 0.152. The molecule has 1 saturated carbocycles. The number of hydrogen-bond acceptors (Lipinski definition) is 5. The first-order valence-corrected chi connectivity index (χ1v) is 10.1. The van der Waals surface area contributed by atoms with Crippen LogP contribution in [-0.4, -0.2) is 40.9 Å². The lowest BCUT2D eigenvalue weighted by Gasteiger charge is -2.12. The lowest BCUT2D eigenvalue weighted by Crippen LogP contribution is -2.39. The number of aromatic nitrogens is 5. The van der Waals surface area contributed by atoms with Crippen LogP contribution in [-0.2, 0) is 20.6 Å². The predicted octanol–water partition coefficient (Wildman–Crippen LogP) is 1.29. The van der Waals surface area contributed by atoms with Gasteiger partial charge in [-0.25, -0.2) is 4.79 Å². The number of rotatable bonds is 4. The van der Waals surface area contributed by atoms with E-state index in [0.29, 0.717) is 23.5 Å². The van der Waals surface area contributed by atoms with E-state index in [9.17, 15) is 14.7 Å². The number of para-hydroxylation sites is 1. The summed E-state index contributed by atoms with van der Waals surface area (Å²) < 4.78 is 4.34. The second-order valence-electron chi connectivity index (χ2n) is 8.09. The molecule has 156 valence electrons. The van der Waals surface area contributed by atoms with Gasteiger partial charge in [0.05, 0.1) is 12.6 Å². The maximum atomic E-state index is 13.3. The minimum absolute atomic E-state index is 0.0983. The van der Waals surface area contributed by atoms with Gasteiger partial charge in [0, 0.05) is 31.3 Å². The van der Waals surface area contributed by atoms with E-state index in [4.69, 9.17) is 0 Å². The Morgan fingerprint density at radius 1 is 1.20 bits per heavy atom. The molecule has 5 rings (SSSR count). The molecule has 1 aliphatic carbocycles. The van der Waals surface area contributed by atoms with Crippen LogP contribution in [0.1, 0.15) is 25.0 Å². The highest BCUT2D eigenvalue weighted by atomic mass is 16.3. The standard InChI is InChI=1S/C21H24N6O3/c1-25-17-18(24-20(25)23-13-7-8-15(28)10-13)26(2)21(30)27(19(17)29)11-14-9-12-5-3-4-6-16(12)22-14/h3-6,9,13,15,22,28H,7-8,10-11H2,1-2H3,(H,23,24). The maximum absolute atomic E-state index is 13.3. The van der Waals surface area contributed by atoms with Gasteiger partial charge >= 0.3 is 5.69 Å². The number of H-pyrrole nitrogens is 1. The van der Waals surface area contributed by atoms with E-state index in [1.165, 1.54) is 9.13 Å². The molecular weight excluding hydrogens is 384 g/mol. The molecule has 4 aromatic rings. The summed E-state index contributed by atoms with van der Waals surface area (Å²) in [6, 6.07) is 9.88. The average molecular weight is 408 g/mol. The maximum Gasteiger partial charge on any atom is 0.332 e. The summed E-state index contributed by atoms with van der Waals surface area (Å²) >= 11 is 0. The molecule has 1 aliphatic rings. The number of imidazole rings is 1. The van der Waals surface area contributed by atoms with E-state index in [1.807, 2.05) is 30.3 Å². The van der Waals surface area contributed by atoms with Gasteiger partial charge in [0.2, 0.25) is 5.95 Å². The minimum Gasteiger partial charge on any atom is -0.393 e. The van der Waals surface area contributed by atoms with Crippen LogP contribution < -0.4 is 16.6 Å². The summed E-state index contributed by atoms with van der Waals surface area (Å²) in [5.41, 5.74) is 1.68. The van der Waals surface area contributed by atoms with Crippen molar-refractivity contribution in [1.82, 2.24) is 23.7 Å². The van der Waals surface area contributed by atoms with Gasteiger partial charge in [-0.3, -0.25) is 13.9 Å². The van der Waals surface area contributed by atoms with Crippen molar-refractivity contribution in [3.8, 4) is 0 Å². The van der Waals surface area contributed by atoms with Crippen molar-refractivity contribution in [2.75, 3.05) is 5.32 Å². The highest BCUT2D eigenvalue weighted by molar-refractivity contribution is 5.80. The topological polar surface area (TPSA) is 110 Å². The first-order chi connectivity index (χ1) is 14.4. The lowest BCUT2D eigenvalue weighted by molar-refractivity contribution is 0.182. The van der Waals surface area contributed by atoms with Gasteiger partial charge in [0.25, 0.3) is 5.56 Å². The fraction of sp³-hybridized carbons (Fsp3) is 0.381. The minimum atomic E-state index is -0.410. The SMILES string of the molecule is Cn1c(NC2CCC(O)C2)nc2c1c(=O)n(Cc1cc3ccccc3[nH]1)c(=O)n2C. The average Bonchev–Trinajstić information content (AvgIpc) is 3.41. The summed E-state index contributed by atoms with van der Waals surface area (Å²) in [6.07, 6.45) is 1.92. The fourth-order valence-electron chi connectivity index (χ4n) is 4.37. The second-order valence-corrected chi connectivity index (χ2v) is 8.09. The quantitative estimate of drug-likeness (QED) is 0.471. The zero-order valence-corrected chi connectivity index (χ0v) is 16.9. The van der Waals surface area contributed by atoms with Gasteiger partial charge < -0.3 is 20.0 Å². The fourth-order valence-corrected chi connectivity index (χ4v) is 4.37. The van der Waals surface area contributed by atoms with Crippen LogP contribution in [0, 0.1) is 0 Å². The number of aliphatic hydroxyl groups is 1. The van der Waals surface area contributed by atoms with E-state index < -0.39 is 5.69 Å². The van der Waals surface area contributed by atoms with E-state index in [0.717, 1.165) is 29.4 Å². The van der Waals surface area contributed by atoms with Crippen molar-refractivity contribution in [3.63, 3.8) is 0 Å². The third-order valence-corrected chi connectivity index (χ3v) is 6.01. The number of aromatic amines is 1. The molecule has 30 heavy (non-hydrogen) atoms. The summed E-state index contributed by atoms with van der Waals surface area (Å²) in [5, 5.41) is 14.1. The summed E-state index contributed by atoms with van der Waals surface area (Å²) in [5.74, 6) is 0.527. The Bertz CT molecular complexity index is 1340. The van der Waals surface area contributed by atoms with Crippen LogP contribution in [0.5, 0.6) is 0 Å². The molecule has 0 spiro atoms. The van der Waals surface area contributed by atoms with Crippen molar-refractivity contribution in [3.05, 3.63) is 56.9 Å². The van der Waals surface area contributed by atoms with Crippen molar-refractivity contribution < 1.29 is 5.11 Å². The zero-order valence-electron chi connectivity index (χ0n) is 16.9. The van der Waals surface area contributed by atoms with Crippen molar-refractivity contribution in [2.45, 2.75) is 38.0 Å². The Kier molecular flexibility index (Phi) is 4.28. The van der Waals surface area contributed by atoms with Gasteiger partial charge in [0.1, 0.15) is 0 Å². The molecule has 1 fully saturated rings. The van der Waals surface area contributed by atoms with E-state index in [1.54, 1.807) is 18.7 Å². The molecule has 0 radical (unpaired) electrons. The molecule has 0 aliphatic heterocycles. The Morgan fingerprint density at radius 3 is 2.73 bits per heavy atom. The van der Waals surface area contributed by atoms with E-state index in [2.05, 4.69) is 15.3 Å².